The number of aliphatic hydroxyl groups excluding tert-OH is 1. The topological polar surface area (TPSA) is 48.4 Å². The average molecular weight is 271 g/mol. The third-order valence-electron chi connectivity index (χ3n) is 2.81. The number of rotatable bonds is 7. The summed E-state index contributed by atoms with van der Waals surface area (Å²) in [6.07, 6.45) is 0.655. The first kappa shape index (κ1) is 15.6. The lowest BCUT2D eigenvalue weighted by Gasteiger charge is -2.19. The predicted molar refractivity (Wildman–Crippen MR) is 77.2 cm³/mol. The standard InChI is InChI=1S/C13H25N3OS/c1-6-12-15-10(3)13(18-12)9(2)14-7-11(17)8-16(4)5/h9,11,14,17H,6-8H2,1-5H3. The molecule has 0 bridgehead atoms. The van der Waals surface area contributed by atoms with E-state index in [0.29, 0.717) is 13.1 Å². The van der Waals surface area contributed by atoms with Crippen molar-refractivity contribution in [3.63, 3.8) is 0 Å². The van der Waals surface area contributed by atoms with E-state index in [0.717, 1.165) is 12.1 Å². The van der Waals surface area contributed by atoms with Gasteiger partial charge in [-0.1, -0.05) is 6.92 Å². The van der Waals surface area contributed by atoms with Gasteiger partial charge in [-0.05, 0) is 34.4 Å². The molecule has 1 heterocycles. The SMILES string of the molecule is CCc1nc(C)c(C(C)NCC(O)CN(C)C)s1. The van der Waals surface area contributed by atoms with E-state index in [4.69, 9.17) is 0 Å². The Kier molecular flexibility index (Phi) is 6.21. The minimum atomic E-state index is -0.332. The van der Waals surface area contributed by atoms with Crippen LogP contribution >= 0.6 is 11.3 Å². The molecule has 0 aliphatic rings. The Labute approximate surface area is 114 Å². The maximum absolute atomic E-state index is 9.82. The summed E-state index contributed by atoms with van der Waals surface area (Å²) in [6.45, 7) is 7.60. The van der Waals surface area contributed by atoms with E-state index in [2.05, 4.69) is 31.1 Å². The smallest absolute Gasteiger partial charge is 0.0928 e. The van der Waals surface area contributed by atoms with Crippen molar-refractivity contribution in [2.45, 2.75) is 39.3 Å². The average Bonchev–Trinajstić information content (AvgIpc) is 2.66. The number of nitrogens with one attached hydrogen (secondary N) is 1. The summed E-state index contributed by atoms with van der Waals surface area (Å²) in [5, 5.41) is 14.4. The van der Waals surface area contributed by atoms with Gasteiger partial charge in [-0.3, -0.25) is 0 Å². The highest BCUT2D eigenvalue weighted by atomic mass is 32.1. The molecule has 0 aliphatic heterocycles. The molecule has 0 aliphatic carbocycles. The van der Waals surface area contributed by atoms with E-state index in [1.165, 1.54) is 9.88 Å². The molecule has 0 saturated carbocycles. The van der Waals surface area contributed by atoms with E-state index < -0.39 is 0 Å². The quantitative estimate of drug-likeness (QED) is 0.790. The Hall–Kier alpha value is -0.490. The summed E-state index contributed by atoms with van der Waals surface area (Å²) in [7, 11) is 3.93. The molecule has 104 valence electrons. The van der Waals surface area contributed by atoms with Gasteiger partial charge < -0.3 is 15.3 Å². The molecule has 18 heavy (non-hydrogen) atoms. The summed E-state index contributed by atoms with van der Waals surface area (Å²) < 4.78 is 0. The van der Waals surface area contributed by atoms with E-state index in [1.807, 2.05) is 19.0 Å². The monoisotopic (exact) mass is 271 g/mol. The molecule has 0 saturated heterocycles. The van der Waals surface area contributed by atoms with Crippen molar-refractivity contribution in [3.8, 4) is 0 Å². The minimum Gasteiger partial charge on any atom is -0.390 e. The van der Waals surface area contributed by atoms with Crippen LogP contribution in [-0.4, -0.2) is 48.3 Å². The Bertz CT molecular complexity index is 365. The lowest BCUT2D eigenvalue weighted by molar-refractivity contribution is 0.132. The minimum absolute atomic E-state index is 0.250. The molecule has 0 fully saturated rings. The number of aryl methyl sites for hydroxylation is 2. The molecule has 2 atom stereocenters. The van der Waals surface area contributed by atoms with Crippen molar-refractivity contribution in [3.05, 3.63) is 15.6 Å². The van der Waals surface area contributed by atoms with Crippen LogP contribution in [-0.2, 0) is 6.42 Å². The fraction of sp³-hybridized carbons (Fsp3) is 0.769. The molecule has 0 radical (unpaired) electrons. The van der Waals surface area contributed by atoms with Gasteiger partial charge in [-0.2, -0.15) is 0 Å². The highest BCUT2D eigenvalue weighted by Gasteiger charge is 2.14. The third kappa shape index (κ3) is 4.65. The number of likely N-dealkylation sites (N-methyl/N-ethyl adjacent to an activating group) is 1. The molecule has 1 rings (SSSR count). The fourth-order valence-electron chi connectivity index (χ4n) is 1.91. The van der Waals surface area contributed by atoms with Crippen molar-refractivity contribution < 1.29 is 5.11 Å². The molecule has 2 N–H and O–H groups in total. The molecular weight excluding hydrogens is 246 g/mol. The summed E-state index contributed by atoms with van der Waals surface area (Å²) >= 11 is 1.77. The third-order valence-corrected chi connectivity index (χ3v) is 4.29. The molecular formula is C13H25N3OS. The van der Waals surface area contributed by atoms with Crippen LogP contribution in [0.25, 0.3) is 0 Å². The van der Waals surface area contributed by atoms with Crippen LogP contribution in [0.5, 0.6) is 0 Å². The van der Waals surface area contributed by atoms with Crippen LogP contribution in [0.2, 0.25) is 0 Å². The van der Waals surface area contributed by atoms with Crippen LogP contribution in [0.3, 0.4) is 0 Å². The van der Waals surface area contributed by atoms with Crippen molar-refractivity contribution in [2.75, 3.05) is 27.2 Å². The number of aliphatic hydroxyl groups is 1. The Morgan fingerprint density at radius 1 is 1.44 bits per heavy atom. The second-order valence-corrected chi connectivity index (χ2v) is 6.07. The van der Waals surface area contributed by atoms with E-state index in [-0.39, 0.29) is 12.1 Å². The summed E-state index contributed by atoms with van der Waals surface area (Å²) in [5.74, 6) is 0. The van der Waals surface area contributed by atoms with Gasteiger partial charge >= 0.3 is 0 Å². The van der Waals surface area contributed by atoms with Gasteiger partial charge in [0.05, 0.1) is 16.8 Å². The molecule has 4 nitrogen and oxygen atoms in total. The second kappa shape index (κ2) is 7.19. The van der Waals surface area contributed by atoms with Crippen molar-refractivity contribution in [1.29, 1.82) is 0 Å². The predicted octanol–water partition coefficient (Wildman–Crippen LogP) is 1.59. The Morgan fingerprint density at radius 3 is 2.61 bits per heavy atom. The van der Waals surface area contributed by atoms with Crippen LogP contribution in [0, 0.1) is 6.92 Å². The lowest BCUT2D eigenvalue weighted by Crippen LogP contribution is -2.36. The molecule has 0 aromatic carbocycles. The van der Waals surface area contributed by atoms with E-state index >= 15 is 0 Å². The first-order chi connectivity index (χ1) is 8.43. The highest BCUT2D eigenvalue weighted by Crippen LogP contribution is 2.25. The van der Waals surface area contributed by atoms with E-state index in [1.54, 1.807) is 11.3 Å². The van der Waals surface area contributed by atoms with Gasteiger partial charge in [-0.15, -0.1) is 11.3 Å². The van der Waals surface area contributed by atoms with Crippen LogP contribution < -0.4 is 5.32 Å². The Morgan fingerprint density at radius 2 is 2.11 bits per heavy atom. The zero-order valence-electron chi connectivity index (χ0n) is 12.0. The molecule has 2 unspecified atom stereocenters. The first-order valence-corrected chi connectivity index (χ1v) is 7.28. The van der Waals surface area contributed by atoms with Crippen LogP contribution in [0.1, 0.15) is 35.5 Å². The lowest BCUT2D eigenvalue weighted by atomic mass is 10.2. The number of aromatic nitrogens is 1. The van der Waals surface area contributed by atoms with Gasteiger partial charge in [-0.25, -0.2) is 4.98 Å². The largest absolute Gasteiger partial charge is 0.390 e. The molecule has 0 spiro atoms. The van der Waals surface area contributed by atoms with Crippen molar-refractivity contribution in [1.82, 2.24) is 15.2 Å². The maximum atomic E-state index is 9.82. The zero-order valence-corrected chi connectivity index (χ0v) is 12.8. The molecule has 5 heteroatoms. The van der Waals surface area contributed by atoms with Gasteiger partial charge in [0.15, 0.2) is 0 Å². The van der Waals surface area contributed by atoms with Crippen LogP contribution in [0.15, 0.2) is 0 Å². The van der Waals surface area contributed by atoms with Crippen molar-refractivity contribution >= 4 is 11.3 Å². The number of nitrogens with zero attached hydrogens (tertiary/aromatic N) is 2. The van der Waals surface area contributed by atoms with E-state index in [9.17, 15) is 5.11 Å². The van der Waals surface area contributed by atoms with Crippen LogP contribution in [0.4, 0.5) is 0 Å². The normalized spacial score (nSPS) is 15.1. The highest BCUT2D eigenvalue weighted by molar-refractivity contribution is 7.11. The summed E-state index contributed by atoms with van der Waals surface area (Å²) in [6, 6.07) is 0.250. The van der Waals surface area contributed by atoms with Crippen molar-refractivity contribution in [2.24, 2.45) is 0 Å². The van der Waals surface area contributed by atoms with Gasteiger partial charge in [0.1, 0.15) is 0 Å². The van der Waals surface area contributed by atoms with Gasteiger partial charge in [0, 0.05) is 24.0 Å². The number of thiazole rings is 1. The molecule has 0 amide bonds. The summed E-state index contributed by atoms with van der Waals surface area (Å²) in [4.78, 5) is 7.81. The summed E-state index contributed by atoms with van der Waals surface area (Å²) in [5.41, 5.74) is 1.11. The van der Waals surface area contributed by atoms with Gasteiger partial charge in [0.2, 0.25) is 0 Å². The second-order valence-electron chi connectivity index (χ2n) is 4.96. The van der Waals surface area contributed by atoms with Gasteiger partial charge in [0.25, 0.3) is 0 Å². The molecule has 1 aromatic rings. The number of hydrogen-bond acceptors (Lipinski definition) is 5. The fourth-order valence-corrected chi connectivity index (χ4v) is 2.94. The number of hydrogen-bond donors (Lipinski definition) is 2. The zero-order chi connectivity index (χ0) is 13.7. The maximum Gasteiger partial charge on any atom is 0.0928 e. The Balaban J connectivity index is 2.49. The molecule has 1 aromatic heterocycles. The first-order valence-electron chi connectivity index (χ1n) is 6.46.